The van der Waals surface area contributed by atoms with Crippen molar-refractivity contribution in [3.63, 3.8) is 0 Å². The molecule has 4 aliphatic rings. The molecule has 3 aliphatic carbocycles. The van der Waals surface area contributed by atoms with Crippen LogP contribution in [0.2, 0.25) is 0 Å². The average molecular weight is 664 g/mol. The fraction of sp³-hybridized carbons (Fsp3) is 0.156. The largest absolute Gasteiger partial charge is 0.442 e. The van der Waals surface area contributed by atoms with Gasteiger partial charge in [-0.1, -0.05) is 133 Å². The van der Waals surface area contributed by atoms with Crippen LogP contribution in [0.5, 0.6) is 0 Å². The van der Waals surface area contributed by atoms with Crippen molar-refractivity contribution in [1.29, 1.82) is 0 Å². The summed E-state index contributed by atoms with van der Waals surface area (Å²) < 4.78 is 3.89. The van der Waals surface area contributed by atoms with Gasteiger partial charge in [0.1, 0.15) is 0 Å². The standard InChI is InChI=1S/C45H35N4S/c1-4-14-29(15-5-1)32-24-25-35-34-20-10-12-22-38(34)49(39(35)26-32)33-27-37(42-36-21-11-13-23-40(36)50-41(42)28-33)45-47-43(30-16-6-2-7-17-30)46-44(48-45)31-18-8-3-9-19-31/h1-8,10-18,20-25,28,32,37,45H,9,19,26-27H2/q-1. The van der Waals surface area contributed by atoms with Crippen LogP contribution in [0.4, 0.5) is 0 Å². The molecule has 0 bridgehead atoms. The molecule has 0 radical (unpaired) electrons. The number of para-hydroxylation sites is 1. The minimum absolute atomic E-state index is 0.0472. The van der Waals surface area contributed by atoms with Crippen molar-refractivity contribution in [3.05, 3.63) is 177 Å². The van der Waals surface area contributed by atoms with Crippen molar-refractivity contribution >= 4 is 61.8 Å². The molecule has 3 atom stereocenters. The first-order valence-corrected chi connectivity index (χ1v) is 18.5. The Morgan fingerprint density at radius 2 is 1.58 bits per heavy atom. The van der Waals surface area contributed by atoms with Gasteiger partial charge in [0, 0.05) is 43.8 Å². The van der Waals surface area contributed by atoms with Crippen LogP contribution in [0.1, 0.15) is 63.9 Å². The lowest BCUT2D eigenvalue weighted by Gasteiger charge is -2.39. The maximum absolute atomic E-state index is 5.42. The van der Waals surface area contributed by atoms with Gasteiger partial charge in [0.25, 0.3) is 0 Å². The van der Waals surface area contributed by atoms with E-state index in [0.29, 0.717) is 5.92 Å². The van der Waals surface area contributed by atoms with E-state index in [0.717, 1.165) is 42.9 Å². The number of nitrogens with zero attached hydrogens (tertiary/aromatic N) is 4. The van der Waals surface area contributed by atoms with Gasteiger partial charge < -0.3 is 14.9 Å². The van der Waals surface area contributed by atoms with Crippen molar-refractivity contribution in [3.8, 4) is 0 Å². The lowest BCUT2D eigenvalue weighted by Crippen LogP contribution is -2.28. The molecule has 0 saturated heterocycles. The van der Waals surface area contributed by atoms with Gasteiger partial charge >= 0.3 is 0 Å². The normalized spacial score (nSPS) is 21.2. The second-order valence-corrected chi connectivity index (χ2v) is 14.7. The molecule has 50 heavy (non-hydrogen) atoms. The molecule has 0 saturated carbocycles. The van der Waals surface area contributed by atoms with Crippen molar-refractivity contribution < 1.29 is 0 Å². The number of rotatable bonds is 5. The number of thiophene rings is 1. The Labute approximate surface area is 296 Å². The minimum Gasteiger partial charge on any atom is -0.442 e. The van der Waals surface area contributed by atoms with Gasteiger partial charge in [0.05, 0.1) is 17.5 Å². The SMILES string of the molecule is C1=CCCC(C2=NC(c3ccccc3)=NC(C3CC(n4c5c(c6ccccc64)C=CC(c4ccccc4)C5)=Cc4sc5ccccc5c43)[N-]2)=C1. The smallest absolute Gasteiger partial charge is 0.0637 e. The third-order valence-electron chi connectivity index (χ3n) is 10.6. The lowest BCUT2D eigenvalue weighted by atomic mass is 9.84. The zero-order chi connectivity index (χ0) is 33.0. The molecule has 5 heteroatoms. The molecular formula is C45H35N4S-. The summed E-state index contributed by atoms with van der Waals surface area (Å²) in [5.74, 6) is 1.97. The number of fused-ring (bicyclic) bond motifs is 6. The number of hydrogen-bond acceptors (Lipinski definition) is 3. The van der Waals surface area contributed by atoms with Crippen molar-refractivity contribution in [2.24, 2.45) is 9.98 Å². The average Bonchev–Trinajstić information content (AvgIpc) is 3.74. The maximum Gasteiger partial charge on any atom is 0.0637 e. The number of allylic oxidation sites excluding steroid dienone is 5. The van der Waals surface area contributed by atoms with E-state index >= 15 is 0 Å². The quantitative estimate of drug-likeness (QED) is 0.176. The lowest BCUT2D eigenvalue weighted by molar-refractivity contribution is 0.604. The Morgan fingerprint density at radius 1 is 0.800 bits per heavy atom. The molecule has 0 amide bonds. The van der Waals surface area contributed by atoms with Gasteiger partial charge in [-0.05, 0) is 71.5 Å². The van der Waals surface area contributed by atoms with Crippen LogP contribution in [0, 0.1) is 0 Å². The highest BCUT2D eigenvalue weighted by Gasteiger charge is 2.34. The molecule has 1 aliphatic heterocycles. The molecule has 0 N–H and O–H groups in total. The Kier molecular flexibility index (Phi) is 7.12. The molecule has 10 rings (SSSR count). The molecule has 2 aromatic heterocycles. The summed E-state index contributed by atoms with van der Waals surface area (Å²) in [6.45, 7) is 0. The Bertz CT molecular complexity index is 2470. The molecule has 3 heterocycles. The van der Waals surface area contributed by atoms with Crippen LogP contribution in [0.15, 0.2) is 149 Å². The predicted molar refractivity (Wildman–Crippen MR) is 211 cm³/mol. The predicted octanol–water partition coefficient (Wildman–Crippen LogP) is 11.5. The van der Waals surface area contributed by atoms with E-state index in [2.05, 4.69) is 150 Å². The van der Waals surface area contributed by atoms with Gasteiger partial charge in [-0.25, -0.2) is 0 Å². The first-order chi connectivity index (χ1) is 24.8. The minimum atomic E-state index is -0.306. The van der Waals surface area contributed by atoms with E-state index in [-0.39, 0.29) is 12.1 Å². The summed E-state index contributed by atoms with van der Waals surface area (Å²) in [5, 5.41) is 8.05. The summed E-state index contributed by atoms with van der Waals surface area (Å²) in [6.07, 6.45) is 17.2. The van der Waals surface area contributed by atoms with E-state index in [1.165, 1.54) is 59.5 Å². The van der Waals surface area contributed by atoms with Crippen molar-refractivity contribution in [1.82, 2.24) is 4.57 Å². The summed E-state index contributed by atoms with van der Waals surface area (Å²) in [4.78, 5) is 11.8. The van der Waals surface area contributed by atoms with Crippen LogP contribution in [0.3, 0.4) is 0 Å². The first-order valence-electron chi connectivity index (χ1n) is 17.7. The number of amidine groups is 2. The highest BCUT2D eigenvalue weighted by molar-refractivity contribution is 7.20. The molecule has 4 nitrogen and oxygen atoms in total. The van der Waals surface area contributed by atoms with Crippen LogP contribution in [-0.4, -0.2) is 22.4 Å². The van der Waals surface area contributed by atoms with Gasteiger partial charge in [0.15, 0.2) is 0 Å². The van der Waals surface area contributed by atoms with Crippen molar-refractivity contribution in [2.45, 2.75) is 43.7 Å². The second kappa shape index (κ2) is 12.1. The van der Waals surface area contributed by atoms with E-state index in [4.69, 9.17) is 15.3 Å². The fourth-order valence-corrected chi connectivity index (χ4v) is 9.50. The van der Waals surface area contributed by atoms with Gasteiger partial charge in [-0.15, -0.1) is 11.3 Å². The third-order valence-corrected chi connectivity index (χ3v) is 11.7. The molecule has 3 unspecified atom stereocenters. The van der Waals surface area contributed by atoms with E-state index in [9.17, 15) is 0 Å². The van der Waals surface area contributed by atoms with Gasteiger partial charge in [-0.3, -0.25) is 4.99 Å². The van der Waals surface area contributed by atoms with E-state index in [1.807, 2.05) is 11.3 Å². The molecular weight excluding hydrogens is 629 g/mol. The number of aromatic nitrogens is 1. The highest BCUT2D eigenvalue weighted by atomic mass is 32.1. The van der Waals surface area contributed by atoms with Gasteiger partial charge in [0.2, 0.25) is 0 Å². The Morgan fingerprint density at radius 3 is 2.42 bits per heavy atom. The molecule has 6 aromatic rings. The zero-order valence-corrected chi connectivity index (χ0v) is 28.4. The number of benzene rings is 4. The van der Waals surface area contributed by atoms with E-state index in [1.54, 1.807) is 0 Å². The van der Waals surface area contributed by atoms with Crippen LogP contribution in [0.25, 0.3) is 44.2 Å². The molecule has 0 spiro atoms. The zero-order valence-electron chi connectivity index (χ0n) is 27.6. The van der Waals surface area contributed by atoms with Crippen molar-refractivity contribution in [2.75, 3.05) is 0 Å². The highest BCUT2D eigenvalue weighted by Crippen LogP contribution is 2.50. The fourth-order valence-electron chi connectivity index (χ4n) is 8.26. The Hall–Kier alpha value is -5.52. The summed E-state index contributed by atoms with van der Waals surface area (Å²) in [6, 6.07) is 39.1. The first kappa shape index (κ1) is 29.4. The number of hydrogen-bond donors (Lipinski definition) is 0. The van der Waals surface area contributed by atoms with Crippen LogP contribution in [-0.2, 0) is 6.42 Å². The Balaban J connectivity index is 1.14. The second-order valence-electron chi connectivity index (χ2n) is 13.6. The maximum atomic E-state index is 5.42. The third kappa shape index (κ3) is 4.95. The van der Waals surface area contributed by atoms with Crippen LogP contribution < -0.4 is 0 Å². The molecule has 242 valence electrons. The summed E-state index contributed by atoms with van der Waals surface area (Å²) in [7, 11) is 0. The monoisotopic (exact) mass is 663 g/mol. The van der Waals surface area contributed by atoms with Gasteiger partial charge in [-0.2, -0.15) is 0 Å². The molecule has 4 aromatic carbocycles. The number of aliphatic imine (C=N–C) groups is 2. The molecule has 0 fully saturated rings. The van der Waals surface area contributed by atoms with Crippen LogP contribution >= 0.6 is 11.3 Å². The summed E-state index contributed by atoms with van der Waals surface area (Å²) >= 11 is 1.89. The van der Waals surface area contributed by atoms with E-state index < -0.39 is 0 Å². The summed E-state index contributed by atoms with van der Waals surface area (Å²) in [5.41, 5.74) is 10.2. The topological polar surface area (TPSA) is 43.8 Å².